The van der Waals surface area contributed by atoms with Gasteiger partial charge in [-0.2, -0.15) is 10.1 Å². The van der Waals surface area contributed by atoms with Crippen molar-refractivity contribution in [3.8, 4) is 11.7 Å². The summed E-state index contributed by atoms with van der Waals surface area (Å²) >= 11 is 0. The summed E-state index contributed by atoms with van der Waals surface area (Å²) in [5.74, 6) is 1.05. The van der Waals surface area contributed by atoms with Crippen LogP contribution in [0.4, 0.5) is 10.2 Å². The van der Waals surface area contributed by atoms with Crippen molar-refractivity contribution in [2.45, 2.75) is 57.1 Å². The Balaban J connectivity index is 1.56. The molecular weight excluding hydrogens is 345 g/mol. The van der Waals surface area contributed by atoms with E-state index in [1.165, 1.54) is 12.5 Å². The third-order valence-corrected chi connectivity index (χ3v) is 5.21. The van der Waals surface area contributed by atoms with E-state index in [0.717, 1.165) is 43.9 Å². The maximum Gasteiger partial charge on any atom is 0.253 e. The number of hydrogen-bond acceptors (Lipinski definition) is 5. The first-order valence-corrected chi connectivity index (χ1v) is 9.71. The van der Waals surface area contributed by atoms with E-state index in [1.807, 2.05) is 6.07 Å². The summed E-state index contributed by atoms with van der Waals surface area (Å²) in [7, 11) is 0. The highest BCUT2D eigenvalue weighted by molar-refractivity contribution is 5.91. The van der Waals surface area contributed by atoms with Crippen molar-refractivity contribution >= 4 is 16.7 Å². The molecular formula is C20H22FN5O. The maximum atomic E-state index is 14.7. The van der Waals surface area contributed by atoms with Crippen molar-refractivity contribution < 1.29 is 9.13 Å². The molecule has 2 aliphatic carbocycles. The lowest BCUT2D eigenvalue weighted by atomic mass is 9.98. The molecule has 0 bridgehead atoms. The molecule has 3 aromatic rings. The first-order valence-electron chi connectivity index (χ1n) is 9.71. The molecule has 7 heteroatoms. The van der Waals surface area contributed by atoms with Crippen molar-refractivity contribution in [1.29, 1.82) is 0 Å². The third-order valence-electron chi connectivity index (χ3n) is 5.21. The van der Waals surface area contributed by atoms with Crippen LogP contribution in [0.25, 0.3) is 16.9 Å². The lowest BCUT2D eigenvalue weighted by Crippen LogP contribution is -2.20. The van der Waals surface area contributed by atoms with Gasteiger partial charge in [-0.15, -0.1) is 0 Å². The smallest absolute Gasteiger partial charge is 0.253 e. The monoisotopic (exact) mass is 367 g/mol. The predicted octanol–water partition coefficient (Wildman–Crippen LogP) is 4.24. The minimum Gasteiger partial charge on any atom is -0.487 e. The second kappa shape index (κ2) is 6.79. The van der Waals surface area contributed by atoms with Gasteiger partial charge in [0.1, 0.15) is 5.82 Å². The van der Waals surface area contributed by atoms with Gasteiger partial charge in [-0.25, -0.2) is 14.1 Å². The van der Waals surface area contributed by atoms with Crippen LogP contribution >= 0.6 is 0 Å². The summed E-state index contributed by atoms with van der Waals surface area (Å²) in [4.78, 5) is 9.15. The summed E-state index contributed by atoms with van der Waals surface area (Å²) < 4.78 is 22.3. The van der Waals surface area contributed by atoms with Crippen molar-refractivity contribution in [1.82, 2.24) is 19.7 Å². The van der Waals surface area contributed by atoms with Crippen LogP contribution in [-0.2, 0) is 0 Å². The van der Waals surface area contributed by atoms with Gasteiger partial charge >= 0.3 is 0 Å². The number of fused-ring (bicyclic) bond motifs is 1. The average Bonchev–Trinajstić information content (AvgIpc) is 3.32. The molecule has 0 unspecified atom stereocenters. The van der Waals surface area contributed by atoms with Crippen LogP contribution in [0.3, 0.4) is 0 Å². The molecule has 0 spiro atoms. The highest BCUT2D eigenvalue weighted by atomic mass is 19.1. The van der Waals surface area contributed by atoms with Crippen LogP contribution in [0.5, 0.6) is 5.75 Å². The Morgan fingerprint density at radius 1 is 1.07 bits per heavy atom. The molecule has 1 N–H and O–H groups in total. The molecule has 0 aliphatic heterocycles. The molecule has 2 aromatic heterocycles. The normalized spacial score (nSPS) is 18.0. The summed E-state index contributed by atoms with van der Waals surface area (Å²) in [5, 5.41) is 8.42. The van der Waals surface area contributed by atoms with Gasteiger partial charge in [-0.1, -0.05) is 6.42 Å². The second-order valence-corrected chi connectivity index (χ2v) is 7.42. The molecule has 27 heavy (non-hydrogen) atoms. The largest absolute Gasteiger partial charge is 0.487 e. The quantitative estimate of drug-likeness (QED) is 0.731. The van der Waals surface area contributed by atoms with Crippen LogP contribution in [-0.4, -0.2) is 31.9 Å². The average molecular weight is 367 g/mol. The molecule has 2 fully saturated rings. The van der Waals surface area contributed by atoms with Gasteiger partial charge in [0.2, 0.25) is 0 Å². The molecule has 140 valence electrons. The molecule has 2 heterocycles. The van der Waals surface area contributed by atoms with E-state index in [-0.39, 0.29) is 11.9 Å². The zero-order valence-corrected chi connectivity index (χ0v) is 15.1. The zero-order chi connectivity index (χ0) is 18.2. The van der Waals surface area contributed by atoms with E-state index in [4.69, 9.17) is 4.74 Å². The number of aromatic nitrogens is 4. The predicted molar refractivity (Wildman–Crippen MR) is 101 cm³/mol. The van der Waals surface area contributed by atoms with Gasteiger partial charge in [0.05, 0.1) is 11.6 Å². The van der Waals surface area contributed by atoms with Gasteiger partial charge in [0.25, 0.3) is 5.95 Å². The fourth-order valence-electron chi connectivity index (χ4n) is 3.59. The fraction of sp³-hybridized carbons (Fsp3) is 0.450. The molecule has 0 saturated heterocycles. The first kappa shape index (κ1) is 16.5. The standard InChI is InChI=1S/C20H22FN5O/c21-16-12-17-15(11-18(16)27-14-5-2-1-3-6-14)19(23-13-7-8-13)25-20(24-17)26-10-4-9-22-26/h4,9-14H,1-3,5-8H2,(H,23,24,25). The number of halogens is 1. The minimum atomic E-state index is -0.379. The van der Waals surface area contributed by atoms with E-state index >= 15 is 0 Å². The number of rotatable bonds is 5. The molecule has 0 atom stereocenters. The van der Waals surface area contributed by atoms with E-state index < -0.39 is 0 Å². The number of hydrogen-bond donors (Lipinski definition) is 1. The Hall–Kier alpha value is -2.70. The molecule has 2 saturated carbocycles. The van der Waals surface area contributed by atoms with Gasteiger partial charge in [0, 0.05) is 29.9 Å². The van der Waals surface area contributed by atoms with Crippen LogP contribution < -0.4 is 10.1 Å². The first-order chi connectivity index (χ1) is 13.3. The van der Waals surface area contributed by atoms with E-state index in [9.17, 15) is 4.39 Å². The molecule has 1 aromatic carbocycles. The SMILES string of the molecule is Fc1cc2nc(-n3cccn3)nc(NC3CC3)c2cc1OC1CCCCC1. The number of anilines is 1. The minimum absolute atomic E-state index is 0.0924. The molecule has 0 amide bonds. The van der Waals surface area contributed by atoms with Crippen molar-refractivity contribution in [3.05, 3.63) is 36.4 Å². The number of ether oxygens (including phenoxy) is 1. The van der Waals surface area contributed by atoms with Gasteiger partial charge < -0.3 is 10.1 Å². The lowest BCUT2D eigenvalue weighted by Gasteiger charge is -2.23. The summed E-state index contributed by atoms with van der Waals surface area (Å²) in [5.41, 5.74) is 0.548. The summed E-state index contributed by atoms with van der Waals surface area (Å²) in [6.07, 6.45) is 11.3. The topological polar surface area (TPSA) is 64.9 Å². The summed E-state index contributed by atoms with van der Waals surface area (Å²) in [6, 6.07) is 5.42. The number of nitrogens with one attached hydrogen (secondary N) is 1. The van der Waals surface area contributed by atoms with Crippen molar-refractivity contribution in [2.24, 2.45) is 0 Å². The Morgan fingerprint density at radius 3 is 2.67 bits per heavy atom. The maximum absolute atomic E-state index is 14.7. The number of benzene rings is 1. The van der Waals surface area contributed by atoms with Crippen molar-refractivity contribution in [2.75, 3.05) is 5.32 Å². The highest BCUT2D eigenvalue weighted by Gasteiger charge is 2.24. The molecule has 2 aliphatic rings. The van der Waals surface area contributed by atoms with Gasteiger partial charge in [-0.3, -0.25) is 0 Å². The Kier molecular flexibility index (Phi) is 4.14. The molecule has 5 rings (SSSR count). The van der Waals surface area contributed by atoms with Gasteiger partial charge in [0.15, 0.2) is 11.6 Å². The summed E-state index contributed by atoms with van der Waals surface area (Å²) in [6.45, 7) is 0. The Bertz CT molecular complexity index is 949. The van der Waals surface area contributed by atoms with E-state index in [1.54, 1.807) is 23.1 Å². The van der Waals surface area contributed by atoms with E-state index in [2.05, 4.69) is 20.4 Å². The zero-order valence-electron chi connectivity index (χ0n) is 15.1. The fourth-order valence-corrected chi connectivity index (χ4v) is 3.59. The highest BCUT2D eigenvalue weighted by Crippen LogP contribution is 2.33. The van der Waals surface area contributed by atoms with Crippen LogP contribution in [0.2, 0.25) is 0 Å². The van der Waals surface area contributed by atoms with Crippen LogP contribution in [0, 0.1) is 5.82 Å². The number of nitrogens with zero attached hydrogens (tertiary/aromatic N) is 4. The lowest BCUT2D eigenvalue weighted by molar-refractivity contribution is 0.149. The molecule has 6 nitrogen and oxygen atoms in total. The van der Waals surface area contributed by atoms with E-state index in [0.29, 0.717) is 29.1 Å². The Morgan fingerprint density at radius 2 is 1.93 bits per heavy atom. The Labute approximate surface area is 156 Å². The second-order valence-electron chi connectivity index (χ2n) is 7.42. The van der Waals surface area contributed by atoms with Crippen LogP contribution in [0.1, 0.15) is 44.9 Å². The molecule has 0 radical (unpaired) electrons. The van der Waals surface area contributed by atoms with Crippen molar-refractivity contribution in [3.63, 3.8) is 0 Å². The van der Waals surface area contributed by atoms with Gasteiger partial charge in [-0.05, 0) is 50.7 Å². The van der Waals surface area contributed by atoms with Crippen LogP contribution in [0.15, 0.2) is 30.6 Å². The third kappa shape index (κ3) is 3.46.